The molecule has 3 aromatic rings. The van der Waals surface area contributed by atoms with Crippen molar-refractivity contribution in [3.63, 3.8) is 0 Å². The van der Waals surface area contributed by atoms with E-state index in [9.17, 15) is 19.2 Å². The second-order valence-corrected chi connectivity index (χ2v) is 8.11. The first kappa shape index (κ1) is 24.3. The molecule has 4 N–H and O–H groups in total. The largest absolute Gasteiger partial charge is 0.497 e. The van der Waals surface area contributed by atoms with Gasteiger partial charge in [-0.1, -0.05) is 12.7 Å². The number of carbonyl (C=O) groups excluding carboxylic acids is 3. The van der Waals surface area contributed by atoms with Gasteiger partial charge < -0.3 is 19.4 Å². The Labute approximate surface area is 204 Å². The topological polar surface area (TPSA) is 162 Å². The summed E-state index contributed by atoms with van der Waals surface area (Å²) < 4.78 is 11.0. The van der Waals surface area contributed by atoms with Crippen LogP contribution in [-0.4, -0.2) is 58.6 Å². The Balaban J connectivity index is 1.65. The van der Waals surface area contributed by atoms with E-state index >= 15 is 0 Å². The van der Waals surface area contributed by atoms with E-state index in [1.165, 1.54) is 24.3 Å². The highest BCUT2D eigenvalue weighted by atomic mass is 16.5. The summed E-state index contributed by atoms with van der Waals surface area (Å²) in [7, 11) is 1.54. The van der Waals surface area contributed by atoms with Crippen molar-refractivity contribution in [2.45, 2.75) is 12.5 Å². The lowest BCUT2D eigenvalue weighted by molar-refractivity contribution is -0.127. The fraction of sp³-hybridized carbons (Fsp3) is 0.208. The number of aromatic amines is 2. The number of furan rings is 1. The maximum atomic E-state index is 13.0. The number of nitrogens with one attached hydrogen (secondary N) is 4. The predicted octanol–water partition coefficient (Wildman–Crippen LogP) is 1.67. The number of carbonyl (C=O) groups is 3. The molecule has 3 aromatic heterocycles. The summed E-state index contributed by atoms with van der Waals surface area (Å²) >= 11 is 0. The maximum Gasteiger partial charge on any atom is 0.322 e. The summed E-state index contributed by atoms with van der Waals surface area (Å²) in [6, 6.07) is 3.94. The lowest BCUT2D eigenvalue weighted by atomic mass is 9.95. The second-order valence-electron chi connectivity index (χ2n) is 8.11. The van der Waals surface area contributed by atoms with Crippen LogP contribution < -0.4 is 16.2 Å². The normalized spacial score (nSPS) is 17.9. The second kappa shape index (κ2) is 9.78. The zero-order valence-electron chi connectivity index (χ0n) is 19.6. The Morgan fingerprint density at radius 2 is 2.03 bits per heavy atom. The number of nitrogens with zero attached hydrogens (tertiary/aromatic N) is 2. The molecule has 12 heteroatoms. The molecule has 0 unspecified atom stereocenters. The van der Waals surface area contributed by atoms with Crippen LogP contribution >= 0.6 is 0 Å². The molecule has 4 rings (SSSR count). The number of hydrogen-bond donors (Lipinski definition) is 4. The highest BCUT2D eigenvalue weighted by molar-refractivity contribution is 6.07. The minimum absolute atomic E-state index is 0.0785. The molecule has 0 radical (unpaired) electrons. The van der Waals surface area contributed by atoms with Crippen LogP contribution in [0.2, 0.25) is 0 Å². The molecular weight excluding hydrogens is 468 g/mol. The Hall–Kier alpha value is -4.87. The third-order valence-corrected chi connectivity index (χ3v) is 5.64. The SMILES string of the molecule is C=C(/C=C\C(=C/C)OC)CN(C=O)C[C@@]1(c2cc3cc(-c4cc(=O)[nH][nH]4)cnc3o2)NC(=O)NC1=O. The number of amides is 4. The Bertz CT molecular complexity index is 1460. The lowest BCUT2D eigenvalue weighted by Gasteiger charge is -2.29. The van der Waals surface area contributed by atoms with Crippen molar-refractivity contribution in [3.05, 3.63) is 76.6 Å². The van der Waals surface area contributed by atoms with Crippen molar-refractivity contribution in [1.82, 2.24) is 30.7 Å². The van der Waals surface area contributed by atoms with Gasteiger partial charge in [0.2, 0.25) is 12.1 Å². The van der Waals surface area contributed by atoms with Crippen molar-refractivity contribution >= 4 is 29.4 Å². The first-order chi connectivity index (χ1) is 17.3. The number of methoxy groups -OCH3 is 1. The molecule has 4 heterocycles. The molecule has 186 valence electrons. The summed E-state index contributed by atoms with van der Waals surface area (Å²) in [6.45, 7) is 5.62. The van der Waals surface area contributed by atoms with E-state index in [1.807, 2.05) is 6.92 Å². The number of allylic oxidation sites excluding steroid dienone is 2. The molecule has 4 amide bonds. The number of pyridine rings is 1. The van der Waals surface area contributed by atoms with Gasteiger partial charge in [0, 0.05) is 29.8 Å². The quantitative estimate of drug-likeness (QED) is 0.145. The van der Waals surface area contributed by atoms with Gasteiger partial charge in [0.05, 0.1) is 19.3 Å². The van der Waals surface area contributed by atoms with E-state index in [0.717, 1.165) is 0 Å². The molecule has 0 aromatic carbocycles. The zero-order chi connectivity index (χ0) is 25.9. The number of imide groups is 1. The van der Waals surface area contributed by atoms with Crippen molar-refractivity contribution in [1.29, 1.82) is 0 Å². The third kappa shape index (κ3) is 4.69. The standard InChI is InChI=1S/C24H24N6O6/c1-4-17(35-3)6-5-14(2)11-30(13-31)12-24(22(33)26-23(34)27-24)19-8-15-7-16(10-25-21(15)36-19)18-9-20(32)29-28-18/h4-10,13H,2,11-12H2,1,3H3,(H2,28,29,32)(H2,26,27,33,34)/b6-5-,17-4+/t24-/m0/s1. The van der Waals surface area contributed by atoms with Crippen molar-refractivity contribution in [2.24, 2.45) is 0 Å². The van der Waals surface area contributed by atoms with Crippen LogP contribution in [0.25, 0.3) is 22.4 Å². The van der Waals surface area contributed by atoms with Crippen molar-refractivity contribution in [3.8, 4) is 11.3 Å². The van der Waals surface area contributed by atoms with Gasteiger partial charge in [-0.3, -0.25) is 29.9 Å². The maximum absolute atomic E-state index is 13.0. The monoisotopic (exact) mass is 492 g/mol. The number of ether oxygens (including phenoxy) is 1. The van der Waals surface area contributed by atoms with Crippen LogP contribution in [0.1, 0.15) is 12.7 Å². The van der Waals surface area contributed by atoms with Crippen molar-refractivity contribution in [2.75, 3.05) is 20.2 Å². The van der Waals surface area contributed by atoms with E-state index in [1.54, 1.807) is 30.4 Å². The number of aromatic nitrogens is 3. The number of H-pyrrole nitrogens is 2. The Morgan fingerprint density at radius 1 is 1.22 bits per heavy atom. The fourth-order valence-corrected chi connectivity index (χ4v) is 3.86. The molecule has 12 nitrogen and oxygen atoms in total. The zero-order valence-corrected chi connectivity index (χ0v) is 19.6. The minimum Gasteiger partial charge on any atom is -0.497 e. The fourth-order valence-electron chi connectivity index (χ4n) is 3.86. The van der Waals surface area contributed by atoms with Gasteiger partial charge >= 0.3 is 6.03 Å². The van der Waals surface area contributed by atoms with Gasteiger partial charge in [-0.2, -0.15) is 0 Å². The summed E-state index contributed by atoms with van der Waals surface area (Å²) in [5.41, 5.74) is -0.0786. The van der Waals surface area contributed by atoms with Crippen LogP contribution in [-0.2, 0) is 19.9 Å². The molecule has 0 spiro atoms. The van der Waals surface area contributed by atoms with Crippen LogP contribution in [0, 0.1) is 0 Å². The van der Waals surface area contributed by atoms with Gasteiger partial charge in [-0.05, 0) is 36.8 Å². The van der Waals surface area contributed by atoms with Gasteiger partial charge in [0.25, 0.3) is 11.5 Å². The van der Waals surface area contributed by atoms with E-state index < -0.39 is 17.5 Å². The molecule has 0 bridgehead atoms. The summed E-state index contributed by atoms with van der Waals surface area (Å²) in [5, 5.41) is 10.5. The van der Waals surface area contributed by atoms with Gasteiger partial charge in [0.1, 0.15) is 11.5 Å². The molecule has 1 atom stereocenters. The van der Waals surface area contributed by atoms with Gasteiger partial charge in [-0.25, -0.2) is 9.78 Å². The predicted molar refractivity (Wildman–Crippen MR) is 129 cm³/mol. The first-order valence-corrected chi connectivity index (χ1v) is 10.8. The lowest BCUT2D eigenvalue weighted by Crippen LogP contribution is -2.52. The minimum atomic E-state index is -1.69. The highest BCUT2D eigenvalue weighted by Gasteiger charge is 2.51. The highest BCUT2D eigenvalue weighted by Crippen LogP contribution is 2.32. The number of urea groups is 1. The molecule has 1 aliphatic rings. The molecular formula is C24H24N6O6. The van der Waals surface area contributed by atoms with Crippen LogP contribution in [0.3, 0.4) is 0 Å². The number of fused-ring (bicyclic) bond motifs is 1. The molecule has 1 aliphatic heterocycles. The summed E-state index contributed by atoms with van der Waals surface area (Å²) in [5.74, 6) is 0.0348. The van der Waals surface area contributed by atoms with Crippen LogP contribution in [0.5, 0.6) is 0 Å². The third-order valence-electron chi connectivity index (χ3n) is 5.64. The molecule has 36 heavy (non-hydrogen) atoms. The smallest absolute Gasteiger partial charge is 0.322 e. The van der Waals surface area contributed by atoms with Crippen LogP contribution in [0.15, 0.2) is 69.7 Å². The summed E-state index contributed by atoms with van der Waals surface area (Å²) in [4.78, 5) is 54.1. The van der Waals surface area contributed by atoms with E-state index in [4.69, 9.17) is 9.15 Å². The molecule has 0 saturated carbocycles. The molecule has 1 saturated heterocycles. The van der Waals surface area contributed by atoms with Gasteiger partial charge in [-0.15, -0.1) is 0 Å². The number of rotatable bonds is 10. The van der Waals surface area contributed by atoms with E-state index in [2.05, 4.69) is 32.4 Å². The first-order valence-electron chi connectivity index (χ1n) is 10.8. The van der Waals surface area contributed by atoms with Crippen molar-refractivity contribution < 1.29 is 23.5 Å². The average Bonchev–Trinajstić information content (AvgIpc) is 3.56. The summed E-state index contributed by atoms with van der Waals surface area (Å²) in [6.07, 6.45) is 7.22. The van der Waals surface area contributed by atoms with E-state index in [-0.39, 0.29) is 30.1 Å². The average molecular weight is 492 g/mol. The Kier molecular flexibility index (Phi) is 6.59. The van der Waals surface area contributed by atoms with Gasteiger partial charge in [0.15, 0.2) is 5.54 Å². The number of hydrogen-bond acceptors (Lipinski definition) is 7. The van der Waals surface area contributed by atoms with Crippen LogP contribution in [0.4, 0.5) is 4.79 Å². The van der Waals surface area contributed by atoms with E-state index in [0.29, 0.717) is 34.4 Å². The molecule has 1 fully saturated rings. The molecule has 0 aliphatic carbocycles. The Morgan fingerprint density at radius 3 is 2.64 bits per heavy atom.